The average Bonchev–Trinajstić information content (AvgIpc) is 3.17. The molecule has 2 atom stereocenters. The Morgan fingerprint density at radius 2 is 2.08 bits per heavy atom. The van der Waals surface area contributed by atoms with Crippen LogP contribution in [-0.4, -0.2) is 32.2 Å². The van der Waals surface area contributed by atoms with Crippen LogP contribution in [0.1, 0.15) is 39.7 Å². The number of benzene rings is 1. The Bertz CT molecular complexity index is 785. The molecule has 1 amide bonds. The quantitative estimate of drug-likeness (QED) is 0.861. The van der Waals surface area contributed by atoms with Gasteiger partial charge in [-0.25, -0.2) is 0 Å². The van der Waals surface area contributed by atoms with Gasteiger partial charge in [-0.1, -0.05) is 35.9 Å². The van der Waals surface area contributed by atoms with Gasteiger partial charge in [-0.05, 0) is 48.5 Å². The first-order valence-corrected chi connectivity index (χ1v) is 9.80. The van der Waals surface area contributed by atoms with Crippen molar-refractivity contribution >= 4 is 28.8 Å². The molecule has 1 saturated heterocycles. The third-order valence-corrected chi connectivity index (χ3v) is 6.88. The van der Waals surface area contributed by atoms with Crippen molar-refractivity contribution < 1.29 is 9.53 Å². The number of hydrogen-bond acceptors (Lipinski definition) is 4. The first-order valence-electron chi connectivity index (χ1n) is 8.54. The van der Waals surface area contributed by atoms with E-state index in [2.05, 4.69) is 28.8 Å². The fraction of sp³-hybridized carbons (Fsp3) is 0.421. The van der Waals surface area contributed by atoms with Gasteiger partial charge in [-0.15, -0.1) is 11.3 Å². The van der Waals surface area contributed by atoms with Crippen LogP contribution in [0.5, 0.6) is 0 Å². The van der Waals surface area contributed by atoms with Gasteiger partial charge in [0.25, 0.3) is 5.91 Å². The van der Waals surface area contributed by atoms with Gasteiger partial charge in [0.15, 0.2) is 0 Å². The Labute approximate surface area is 156 Å². The molecule has 0 saturated carbocycles. The van der Waals surface area contributed by atoms with Gasteiger partial charge in [-0.2, -0.15) is 0 Å². The summed E-state index contributed by atoms with van der Waals surface area (Å²) >= 11 is 7.51. The van der Waals surface area contributed by atoms with E-state index in [1.54, 1.807) is 13.2 Å². The van der Waals surface area contributed by atoms with Crippen LogP contribution in [0, 0.1) is 0 Å². The lowest BCUT2D eigenvalue weighted by atomic mass is 9.72. The number of carbonyl (C=O) groups excluding carboxylic acids is 1. The molecule has 1 aromatic carbocycles. The van der Waals surface area contributed by atoms with Crippen molar-refractivity contribution in [2.24, 2.45) is 0 Å². The van der Waals surface area contributed by atoms with Crippen LogP contribution in [0.2, 0.25) is 5.02 Å². The molecule has 2 aromatic rings. The van der Waals surface area contributed by atoms with Crippen molar-refractivity contribution in [3.8, 4) is 0 Å². The monoisotopic (exact) mass is 376 g/mol. The zero-order valence-electron chi connectivity index (χ0n) is 14.0. The first-order chi connectivity index (χ1) is 12.2. The molecule has 25 heavy (non-hydrogen) atoms. The normalized spacial score (nSPS) is 24.2. The van der Waals surface area contributed by atoms with Crippen molar-refractivity contribution in [2.75, 3.05) is 20.2 Å². The molecule has 1 fully saturated rings. The molecule has 4 rings (SSSR count). The number of halogens is 1. The second-order valence-corrected chi connectivity index (χ2v) is 8.02. The summed E-state index contributed by atoms with van der Waals surface area (Å²) in [7, 11) is 1.75. The molecule has 2 N–H and O–H groups in total. The van der Waals surface area contributed by atoms with E-state index >= 15 is 0 Å². The second-order valence-electron chi connectivity index (χ2n) is 6.70. The molecule has 0 radical (unpaired) electrons. The number of carbonyl (C=O) groups is 1. The molecule has 132 valence electrons. The highest BCUT2D eigenvalue weighted by Gasteiger charge is 2.53. The van der Waals surface area contributed by atoms with E-state index in [0.29, 0.717) is 9.90 Å². The van der Waals surface area contributed by atoms with Crippen molar-refractivity contribution in [3.05, 3.63) is 56.7 Å². The van der Waals surface area contributed by atoms with Gasteiger partial charge in [0.1, 0.15) is 4.88 Å². The molecule has 0 bridgehead atoms. The molecular formula is C19H21ClN2O2S. The minimum atomic E-state index is -0.162. The van der Waals surface area contributed by atoms with Gasteiger partial charge in [0, 0.05) is 12.5 Å². The summed E-state index contributed by atoms with van der Waals surface area (Å²) in [4.78, 5) is 13.3. The minimum absolute atomic E-state index is 0.0478. The van der Waals surface area contributed by atoms with E-state index < -0.39 is 0 Å². The number of amides is 1. The smallest absolute Gasteiger partial charge is 0.263 e. The molecule has 1 aromatic heterocycles. The molecule has 1 spiro atoms. The van der Waals surface area contributed by atoms with Crippen LogP contribution < -0.4 is 10.6 Å². The lowest BCUT2D eigenvalue weighted by Gasteiger charge is -2.40. The van der Waals surface area contributed by atoms with Crippen molar-refractivity contribution in [2.45, 2.75) is 30.4 Å². The third kappa shape index (κ3) is 2.70. The lowest BCUT2D eigenvalue weighted by molar-refractivity contribution is 0.00401. The zero-order chi connectivity index (χ0) is 17.4. The maximum absolute atomic E-state index is 12.8. The number of hydrogen-bond donors (Lipinski definition) is 2. The zero-order valence-corrected chi connectivity index (χ0v) is 15.6. The molecule has 1 aliphatic carbocycles. The summed E-state index contributed by atoms with van der Waals surface area (Å²) < 4.78 is 5.98. The largest absolute Gasteiger partial charge is 0.378 e. The van der Waals surface area contributed by atoms with Crippen LogP contribution in [0.15, 0.2) is 35.7 Å². The maximum Gasteiger partial charge on any atom is 0.263 e. The van der Waals surface area contributed by atoms with Crippen LogP contribution in [0.3, 0.4) is 0 Å². The number of nitrogens with one attached hydrogen (secondary N) is 2. The Morgan fingerprint density at radius 3 is 2.76 bits per heavy atom. The molecular weight excluding hydrogens is 356 g/mol. The Kier molecular flexibility index (Phi) is 4.58. The van der Waals surface area contributed by atoms with E-state index in [4.69, 9.17) is 16.3 Å². The predicted molar refractivity (Wildman–Crippen MR) is 101 cm³/mol. The summed E-state index contributed by atoms with van der Waals surface area (Å²) in [5.41, 5.74) is 2.43. The van der Waals surface area contributed by atoms with Crippen LogP contribution >= 0.6 is 22.9 Å². The molecule has 1 aliphatic heterocycles. The summed E-state index contributed by atoms with van der Waals surface area (Å²) in [6.45, 7) is 1.93. The van der Waals surface area contributed by atoms with Gasteiger partial charge in [-0.3, -0.25) is 4.79 Å². The summed E-state index contributed by atoms with van der Waals surface area (Å²) in [6, 6.07) is 10.0. The fourth-order valence-corrected chi connectivity index (χ4v) is 5.51. The number of rotatable bonds is 3. The second kappa shape index (κ2) is 6.72. The van der Waals surface area contributed by atoms with Crippen molar-refractivity contribution in [3.63, 3.8) is 0 Å². The predicted octanol–water partition coefficient (Wildman–Crippen LogP) is 3.52. The first kappa shape index (κ1) is 17.0. The highest BCUT2D eigenvalue weighted by molar-refractivity contribution is 7.12. The highest BCUT2D eigenvalue weighted by atomic mass is 35.5. The minimum Gasteiger partial charge on any atom is -0.378 e. The molecule has 2 heterocycles. The lowest BCUT2D eigenvalue weighted by Crippen LogP contribution is -2.49. The SMILES string of the molecule is CO[C@@H]1[C@@H](NC(=O)c2sccc2Cl)c2ccccc2C12CCNCC2. The van der Waals surface area contributed by atoms with Gasteiger partial charge < -0.3 is 15.4 Å². The number of fused-ring (bicyclic) bond motifs is 2. The van der Waals surface area contributed by atoms with E-state index in [9.17, 15) is 4.79 Å². The number of ether oxygens (including phenoxy) is 1. The van der Waals surface area contributed by atoms with Crippen molar-refractivity contribution in [1.82, 2.24) is 10.6 Å². The number of thiophene rings is 1. The summed E-state index contributed by atoms with van der Waals surface area (Å²) in [5, 5.41) is 8.97. The van der Waals surface area contributed by atoms with Crippen LogP contribution in [-0.2, 0) is 10.2 Å². The summed E-state index contributed by atoms with van der Waals surface area (Å²) in [6.07, 6.45) is 1.94. The van der Waals surface area contributed by atoms with Crippen molar-refractivity contribution in [1.29, 1.82) is 0 Å². The topological polar surface area (TPSA) is 50.4 Å². The molecule has 4 nitrogen and oxygen atoms in total. The number of piperidine rings is 1. The van der Waals surface area contributed by atoms with Gasteiger partial charge in [0.2, 0.25) is 0 Å². The van der Waals surface area contributed by atoms with E-state index in [0.717, 1.165) is 31.5 Å². The Morgan fingerprint density at radius 1 is 1.32 bits per heavy atom. The fourth-order valence-electron chi connectivity index (χ4n) is 4.46. The average molecular weight is 377 g/mol. The van der Waals surface area contributed by atoms with Gasteiger partial charge in [0.05, 0.1) is 17.2 Å². The highest BCUT2D eigenvalue weighted by Crippen LogP contribution is 2.51. The molecule has 0 unspecified atom stereocenters. The standard InChI is InChI=1S/C19H21ClN2O2S/c1-24-17-15(22-18(23)16-14(20)6-11-25-16)12-4-2-3-5-13(12)19(17)7-9-21-10-8-19/h2-6,11,15,17,21H,7-10H2,1H3,(H,22,23)/t15-,17+/m0/s1. The molecule has 2 aliphatic rings. The maximum atomic E-state index is 12.8. The van der Waals surface area contributed by atoms with E-state index in [1.165, 1.54) is 16.9 Å². The Balaban J connectivity index is 1.72. The van der Waals surface area contributed by atoms with Crippen LogP contribution in [0.4, 0.5) is 0 Å². The van der Waals surface area contributed by atoms with Gasteiger partial charge >= 0.3 is 0 Å². The van der Waals surface area contributed by atoms with Crippen LogP contribution in [0.25, 0.3) is 0 Å². The molecule has 6 heteroatoms. The van der Waals surface area contributed by atoms with E-state index in [1.807, 2.05) is 11.4 Å². The summed E-state index contributed by atoms with van der Waals surface area (Å²) in [5.74, 6) is -0.132. The Hall–Kier alpha value is -1.40. The third-order valence-electron chi connectivity index (χ3n) is 5.54. The van der Waals surface area contributed by atoms with E-state index in [-0.39, 0.29) is 23.5 Å². The number of methoxy groups -OCH3 is 1.